The van der Waals surface area contributed by atoms with Crippen molar-refractivity contribution in [3.63, 3.8) is 0 Å². The molecule has 2 aliphatic heterocycles. The maximum Gasteiger partial charge on any atom is 0.227 e. The van der Waals surface area contributed by atoms with Gasteiger partial charge in [-0.15, -0.1) is 0 Å². The molecule has 2 aliphatic rings. The highest BCUT2D eigenvalue weighted by molar-refractivity contribution is 5.78. The summed E-state index contributed by atoms with van der Waals surface area (Å²) in [5.74, 6) is 0.0627. The van der Waals surface area contributed by atoms with Crippen LogP contribution in [0, 0.1) is 0 Å². The van der Waals surface area contributed by atoms with Crippen LogP contribution in [-0.4, -0.2) is 69.7 Å². The maximum absolute atomic E-state index is 13.2. The summed E-state index contributed by atoms with van der Waals surface area (Å²) in [4.78, 5) is 27.3. The minimum absolute atomic E-state index is 0.0186. The quantitative estimate of drug-likeness (QED) is 0.657. The molecule has 0 radical (unpaired) electrons. The van der Waals surface area contributed by atoms with Crippen molar-refractivity contribution in [2.75, 3.05) is 53.7 Å². The van der Waals surface area contributed by atoms with Crippen LogP contribution in [0.4, 0.5) is 0 Å². The number of nitrogens with zero attached hydrogens (tertiary/aromatic N) is 1. The van der Waals surface area contributed by atoms with Crippen LogP contribution in [0.25, 0.3) is 0 Å². The number of carbonyl (C=O) groups is 1. The van der Waals surface area contributed by atoms with Crippen LogP contribution < -0.4 is 19.6 Å². The minimum Gasteiger partial charge on any atom is -0.502 e. The Labute approximate surface area is 190 Å². The summed E-state index contributed by atoms with van der Waals surface area (Å²) in [6.45, 7) is 2.63. The van der Waals surface area contributed by atoms with Crippen molar-refractivity contribution in [2.24, 2.45) is 0 Å². The van der Waals surface area contributed by atoms with Gasteiger partial charge in [0.15, 0.2) is 17.3 Å². The third-order valence-corrected chi connectivity index (χ3v) is 5.60. The molecule has 1 aromatic heterocycles. The summed E-state index contributed by atoms with van der Waals surface area (Å²) < 4.78 is 33.2. The van der Waals surface area contributed by atoms with Gasteiger partial charge in [0.05, 0.1) is 26.2 Å². The molecule has 0 saturated carbocycles. The molecule has 178 valence electrons. The van der Waals surface area contributed by atoms with E-state index in [2.05, 4.69) is 0 Å². The second-order valence-corrected chi connectivity index (χ2v) is 7.72. The molecule has 0 unspecified atom stereocenters. The van der Waals surface area contributed by atoms with Gasteiger partial charge in [-0.25, -0.2) is 0 Å². The van der Waals surface area contributed by atoms with E-state index in [-0.39, 0.29) is 30.5 Å². The average molecular weight is 461 g/mol. The van der Waals surface area contributed by atoms with Crippen molar-refractivity contribution < 1.29 is 38.0 Å². The zero-order valence-electron chi connectivity index (χ0n) is 18.6. The molecule has 4 rings (SSSR count). The fraction of sp³-hybridized carbons (Fsp3) is 0.478. The lowest BCUT2D eigenvalue weighted by atomic mass is 9.90. The lowest BCUT2D eigenvalue weighted by Gasteiger charge is -2.29. The molecular formula is C23H27NO9. The molecule has 1 atom stereocenters. The topological polar surface area (TPSA) is 117 Å². The predicted octanol–water partition coefficient (Wildman–Crippen LogP) is 1.65. The maximum atomic E-state index is 13.2. The van der Waals surface area contributed by atoms with E-state index in [0.29, 0.717) is 62.3 Å². The van der Waals surface area contributed by atoms with E-state index < -0.39 is 17.1 Å². The number of morpholine rings is 1. The van der Waals surface area contributed by atoms with Crippen LogP contribution in [0.5, 0.6) is 23.0 Å². The van der Waals surface area contributed by atoms with Gasteiger partial charge in [0.2, 0.25) is 22.8 Å². The Kier molecular flexibility index (Phi) is 7.05. The lowest BCUT2D eigenvalue weighted by molar-refractivity contribution is -0.135. The SMILES string of the molecule is COCc1cc(=O)c(O)c([C@@H](CC(=O)N2CCOCC2)c2cc(OC)c3c(c2)OCCO3)o1. The number of hydrogen-bond acceptors (Lipinski definition) is 9. The van der Waals surface area contributed by atoms with Crippen LogP contribution in [0.15, 0.2) is 27.4 Å². The van der Waals surface area contributed by atoms with Crippen molar-refractivity contribution in [3.8, 4) is 23.0 Å². The van der Waals surface area contributed by atoms with Gasteiger partial charge < -0.3 is 38.1 Å². The van der Waals surface area contributed by atoms with Gasteiger partial charge in [-0.1, -0.05) is 0 Å². The van der Waals surface area contributed by atoms with Gasteiger partial charge >= 0.3 is 0 Å². The number of aromatic hydroxyl groups is 1. The highest BCUT2D eigenvalue weighted by Gasteiger charge is 2.31. The van der Waals surface area contributed by atoms with Crippen molar-refractivity contribution in [1.29, 1.82) is 0 Å². The number of methoxy groups -OCH3 is 2. The van der Waals surface area contributed by atoms with E-state index in [4.69, 9.17) is 28.1 Å². The van der Waals surface area contributed by atoms with Crippen LogP contribution in [0.2, 0.25) is 0 Å². The summed E-state index contributed by atoms with van der Waals surface area (Å²) in [6.07, 6.45) is -0.0459. The van der Waals surface area contributed by atoms with E-state index in [9.17, 15) is 14.7 Å². The fourth-order valence-electron chi connectivity index (χ4n) is 3.98. The molecule has 1 fully saturated rings. The highest BCUT2D eigenvalue weighted by Crippen LogP contribution is 2.44. The monoisotopic (exact) mass is 461 g/mol. The third kappa shape index (κ3) is 4.91. The zero-order chi connectivity index (χ0) is 23.4. The van der Waals surface area contributed by atoms with Gasteiger partial charge in [0, 0.05) is 32.7 Å². The molecule has 2 aromatic rings. The standard InChI is InChI=1S/C23H27NO9/c1-28-13-15-11-17(25)21(27)22(33-15)16(12-20(26)24-3-5-30-6-4-24)14-9-18(29-2)23-19(10-14)31-7-8-32-23/h9-11,16,27H,3-8,12-13H2,1-2H3/t16-/m0/s1. The minimum atomic E-state index is -0.783. The molecule has 33 heavy (non-hydrogen) atoms. The van der Waals surface area contributed by atoms with Crippen LogP contribution in [0.1, 0.15) is 29.4 Å². The first-order chi connectivity index (χ1) is 16.0. The van der Waals surface area contributed by atoms with Crippen LogP contribution >= 0.6 is 0 Å². The van der Waals surface area contributed by atoms with E-state index >= 15 is 0 Å². The molecule has 0 aliphatic carbocycles. The second-order valence-electron chi connectivity index (χ2n) is 7.72. The zero-order valence-corrected chi connectivity index (χ0v) is 18.6. The Balaban J connectivity index is 1.80. The van der Waals surface area contributed by atoms with Crippen molar-refractivity contribution in [1.82, 2.24) is 4.90 Å². The van der Waals surface area contributed by atoms with Crippen LogP contribution in [0.3, 0.4) is 0 Å². The third-order valence-electron chi connectivity index (χ3n) is 5.60. The van der Waals surface area contributed by atoms with E-state index in [0.717, 1.165) is 0 Å². The molecule has 10 heteroatoms. The largest absolute Gasteiger partial charge is 0.502 e. The summed E-state index contributed by atoms with van der Waals surface area (Å²) in [5.41, 5.74) is -0.0395. The molecule has 1 N–H and O–H groups in total. The number of ether oxygens (including phenoxy) is 5. The molecule has 10 nitrogen and oxygen atoms in total. The smallest absolute Gasteiger partial charge is 0.227 e. The van der Waals surface area contributed by atoms with E-state index in [1.165, 1.54) is 20.3 Å². The van der Waals surface area contributed by atoms with Crippen molar-refractivity contribution in [2.45, 2.75) is 18.9 Å². The summed E-state index contributed by atoms with van der Waals surface area (Å²) in [6, 6.07) is 4.59. The molecule has 3 heterocycles. The highest BCUT2D eigenvalue weighted by atomic mass is 16.6. The molecular weight excluding hydrogens is 434 g/mol. The number of rotatable bonds is 7. The first-order valence-corrected chi connectivity index (χ1v) is 10.7. The fourth-order valence-corrected chi connectivity index (χ4v) is 3.98. The van der Waals surface area contributed by atoms with Gasteiger partial charge in [-0.2, -0.15) is 0 Å². The molecule has 1 saturated heterocycles. The molecule has 1 aromatic carbocycles. The summed E-state index contributed by atoms with van der Waals surface area (Å²) in [5, 5.41) is 10.6. The Morgan fingerprint density at radius 2 is 1.88 bits per heavy atom. The van der Waals surface area contributed by atoms with Crippen molar-refractivity contribution in [3.05, 3.63) is 45.5 Å². The summed E-state index contributed by atoms with van der Waals surface area (Å²) in [7, 11) is 2.97. The van der Waals surface area contributed by atoms with Crippen LogP contribution in [-0.2, 0) is 20.9 Å². The first-order valence-electron chi connectivity index (χ1n) is 10.7. The second kappa shape index (κ2) is 10.1. The van der Waals surface area contributed by atoms with E-state index in [1.54, 1.807) is 17.0 Å². The first kappa shape index (κ1) is 22.9. The van der Waals surface area contributed by atoms with Gasteiger partial charge in [-0.05, 0) is 17.7 Å². The summed E-state index contributed by atoms with van der Waals surface area (Å²) >= 11 is 0. The van der Waals surface area contributed by atoms with Gasteiger partial charge in [0.1, 0.15) is 25.6 Å². The van der Waals surface area contributed by atoms with Gasteiger partial charge in [0.25, 0.3) is 0 Å². The Hall–Kier alpha value is -3.24. The Morgan fingerprint density at radius 3 is 2.61 bits per heavy atom. The molecule has 1 amide bonds. The Bertz CT molecular complexity index is 1040. The van der Waals surface area contributed by atoms with E-state index in [1.807, 2.05) is 0 Å². The number of benzene rings is 1. The number of fused-ring (bicyclic) bond motifs is 1. The number of amides is 1. The predicted molar refractivity (Wildman–Crippen MR) is 115 cm³/mol. The number of carbonyl (C=O) groups excluding carboxylic acids is 1. The van der Waals surface area contributed by atoms with Crippen molar-refractivity contribution >= 4 is 5.91 Å². The molecule has 0 bridgehead atoms. The number of hydrogen-bond donors (Lipinski definition) is 1. The normalized spacial score (nSPS) is 16.4. The lowest BCUT2D eigenvalue weighted by Crippen LogP contribution is -2.41. The van der Waals surface area contributed by atoms with Gasteiger partial charge in [-0.3, -0.25) is 9.59 Å². The Morgan fingerprint density at radius 1 is 1.12 bits per heavy atom. The molecule has 0 spiro atoms. The average Bonchev–Trinajstić information content (AvgIpc) is 2.84.